The fourth-order valence-electron chi connectivity index (χ4n) is 3.06. The second-order valence-corrected chi connectivity index (χ2v) is 5.60. The number of fused-ring (bicyclic) bond motifs is 1. The molecule has 1 saturated carbocycles. The SMILES string of the molecule is O=C(O)C1CCCC(Nc2ccc3ccccc3c2)C1. The van der Waals surface area contributed by atoms with Crippen LogP contribution in [0.3, 0.4) is 0 Å². The van der Waals surface area contributed by atoms with Gasteiger partial charge in [0.2, 0.25) is 0 Å². The summed E-state index contributed by atoms with van der Waals surface area (Å²) in [6.45, 7) is 0. The zero-order chi connectivity index (χ0) is 13.9. The van der Waals surface area contributed by atoms with Gasteiger partial charge in [-0.2, -0.15) is 0 Å². The number of benzene rings is 2. The molecule has 2 atom stereocenters. The number of rotatable bonds is 3. The van der Waals surface area contributed by atoms with E-state index >= 15 is 0 Å². The Kier molecular flexibility index (Phi) is 3.59. The van der Waals surface area contributed by atoms with Crippen LogP contribution in [-0.4, -0.2) is 17.1 Å². The Hall–Kier alpha value is -2.03. The van der Waals surface area contributed by atoms with E-state index < -0.39 is 5.97 Å². The van der Waals surface area contributed by atoms with Gasteiger partial charge in [0, 0.05) is 11.7 Å². The Morgan fingerprint density at radius 1 is 1.10 bits per heavy atom. The summed E-state index contributed by atoms with van der Waals surface area (Å²) in [5, 5.41) is 15.1. The molecule has 2 aromatic carbocycles. The van der Waals surface area contributed by atoms with Gasteiger partial charge in [0.1, 0.15) is 0 Å². The van der Waals surface area contributed by atoms with E-state index in [1.807, 2.05) is 12.1 Å². The van der Waals surface area contributed by atoms with Gasteiger partial charge in [-0.15, -0.1) is 0 Å². The van der Waals surface area contributed by atoms with Crippen LogP contribution in [0.1, 0.15) is 25.7 Å². The zero-order valence-electron chi connectivity index (χ0n) is 11.4. The molecule has 3 nitrogen and oxygen atoms in total. The number of carboxylic acid groups (broad SMARTS) is 1. The van der Waals surface area contributed by atoms with Crippen molar-refractivity contribution in [3.8, 4) is 0 Å². The molecular formula is C17H19NO2. The summed E-state index contributed by atoms with van der Waals surface area (Å²) < 4.78 is 0. The number of carboxylic acids is 1. The van der Waals surface area contributed by atoms with Crippen molar-refractivity contribution in [3.63, 3.8) is 0 Å². The summed E-state index contributed by atoms with van der Waals surface area (Å²) >= 11 is 0. The summed E-state index contributed by atoms with van der Waals surface area (Å²) in [4.78, 5) is 11.1. The Bertz CT molecular complexity index is 623. The van der Waals surface area contributed by atoms with Crippen LogP contribution in [0.5, 0.6) is 0 Å². The van der Waals surface area contributed by atoms with Crippen LogP contribution in [0, 0.1) is 5.92 Å². The van der Waals surface area contributed by atoms with E-state index in [4.69, 9.17) is 5.11 Å². The van der Waals surface area contributed by atoms with Crippen molar-refractivity contribution in [2.75, 3.05) is 5.32 Å². The summed E-state index contributed by atoms with van der Waals surface area (Å²) in [5.74, 6) is -0.850. The molecule has 2 N–H and O–H groups in total. The second-order valence-electron chi connectivity index (χ2n) is 5.60. The molecule has 0 bridgehead atoms. The largest absolute Gasteiger partial charge is 0.481 e. The van der Waals surface area contributed by atoms with Gasteiger partial charge < -0.3 is 10.4 Å². The topological polar surface area (TPSA) is 49.3 Å². The van der Waals surface area contributed by atoms with Gasteiger partial charge in [-0.25, -0.2) is 0 Å². The minimum atomic E-state index is -0.657. The monoisotopic (exact) mass is 269 g/mol. The molecule has 3 heteroatoms. The predicted molar refractivity (Wildman–Crippen MR) is 81.0 cm³/mol. The van der Waals surface area contributed by atoms with Crippen molar-refractivity contribution in [1.82, 2.24) is 0 Å². The molecule has 1 aliphatic carbocycles. The van der Waals surface area contributed by atoms with Crippen molar-refractivity contribution in [2.45, 2.75) is 31.7 Å². The quantitative estimate of drug-likeness (QED) is 0.888. The van der Waals surface area contributed by atoms with Gasteiger partial charge in [0.25, 0.3) is 0 Å². The van der Waals surface area contributed by atoms with Crippen LogP contribution in [0.4, 0.5) is 5.69 Å². The van der Waals surface area contributed by atoms with Gasteiger partial charge in [-0.05, 0) is 42.2 Å². The maximum absolute atomic E-state index is 11.1. The van der Waals surface area contributed by atoms with Gasteiger partial charge >= 0.3 is 5.97 Å². The van der Waals surface area contributed by atoms with Crippen molar-refractivity contribution in [2.24, 2.45) is 5.92 Å². The van der Waals surface area contributed by atoms with Crippen LogP contribution in [-0.2, 0) is 4.79 Å². The summed E-state index contributed by atoms with van der Waals surface area (Å²) in [6.07, 6.45) is 3.58. The number of hydrogen-bond donors (Lipinski definition) is 2. The Morgan fingerprint density at radius 2 is 1.90 bits per heavy atom. The zero-order valence-corrected chi connectivity index (χ0v) is 11.4. The van der Waals surface area contributed by atoms with Crippen LogP contribution < -0.4 is 5.32 Å². The van der Waals surface area contributed by atoms with Gasteiger partial charge in [-0.1, -0.05) is 36.8 Å². The molecule has 1 aliphatic rings. The van der Waals surface area contributed by atoms with Gasteiger partial charge in [0.05, 0.1) is 5.92 Å². The van der Waals surface area contributed by atoms with E-state index in [0.29, 0.717) is 0 Å². The average molecular weight is 269 g/mol. The molecule has 0 amide bonds. The van der Waals surface area contributed by atoms with E-state index in [2.05, 4.69) is 35.6 Å². The molecule has 0 aromatic heterocycles. The van der Waals surface area contributed by atoms with Crippen LogP contribution in [0.15, 0.2) is 42.5 Å². The number of carbonyl (C=O) groups is 1. The van der Waals surface area contributed by atoms with Crippen molar-refractivity contribution in [1.29, 1.82) is 0 Å². The first-order valence-corrected chi connectivity index (χ1v) is 7.20. The smallest absolute Gasteiger partial charge is 0.306 e. The number of anilines is 1. The predicted octanol–water partition coefficient (Wildman–Crippen LogP) is 3.90. The van der Waals surface area contributed by atoms with Crippen molar-refractivity contribution >= 4 is 22.4 Å². The molecule has 0 saturated heterocycles. The van der Waals surface area contributed by atoms with Crippen LogP contribution in [0.25, 0.3) is 10.8 Å². The number of aliphatic carboxylic acids is 1. The first-order chi connectivity index (χ1) is 9.72. The fraction of sp³-hybridized carbons (Fsp3) is 0.353. The standard InChI is InChI=1S/C17H19NO2/c19-17(20)14-6-3-7-15(11-14)18-16-9-8-12-4-1-2-5-13(12)10-16/h1-2,4-5,8-10,14-15,18H,3,6-7,11H2,(H,19,20). The first-order valence-electron chi connectivity index (χ1n) is 7.20. The molecule has 0 radical (unpaired) electrons. The summed E-state index contributed by atoms with van der Waals surface area (Å²) in [5.41, 5.74) is 1.08. The number of hydrogen-bond acceptors (Lipinski definition) is 2. The maximum Gasteiger partial charge on any atom is 0.306 e. The highest BCUT2D eigenvalue weighted by atomic mass is 16.4. The lowest BCUT2D eigenvalue weighted by Gasteiger charge is -2.28. The first kappa shape index (κ1) is 13.0. The van der Waals surface area contributed by atoms with Crippen LogP contribution in [0.2, 0.25) is 0 Å². The highest BCUT2D eigenvalue weighted by Gasteiger charge is 2.26. The molecule has 0 spiro atoms. The lowest BCUT2D eigenvalue weighted by molar-refractivity contribution is -0.142. The van der Waals surface area contributed by atoms with E-state index in [1.54, 1.807) is 0 Å². The highest BCUT2D eigenvalue weighted by molar-refractivity contribution is 5.85. The lowest BCUT2D eigenvalue weighted by atomic mass is 9.85. The molecule has 0 heterocycles. The fourth-order valence-corrected chi connectivity index (χ4v) is 3.06. The maximum atomic E-state index is 11.1. The van der Waals surface area contributed by atoms with Gasteiger partial charge in [0.15, 0.2) is 0 Å². The molecule has 20 heavy (non-hydrogen) atoms. The van der Waals surface area contributed by atoms with Crippen molar-refractivity contribution in [3.05, 3.63) is 42.5 Å². The highest BCUT2D eigenvalue weighted by Crippen LogP contribution is 2.28. The van der Waals surface area contributed by atoms with E-state index in [-0.39, 0.29) is 12.0 Å². The Morgan fingerprint density at radius 3 is 2.70 bits per heavy atom. The normalized spacial score (nSPS) is 22.6. The Balaban J connectivity index is 1.74. The minimum absolute atomic E-state index is 0.193. The average Bonchev–Trinajstić information content (AvgIpc) is 2.47. The van der Waals surface area contributed by atoms with Crippen molar-refractivity contribution < 1.29 is 9.90 Å². The summed E-state index contributed by atoms with van der Waals surface area (Å²) in [7, 11) is 0. The molecule has 0 aliphatic heterocycles. The van der Waals surface area contributed by atoms with Crippen LogP contribution >= 0.6 is 0 Å². The minimum Gasteiger partial charge on any atom is -0.481 e. The number of nitrogens with one attached hydrogen (secondary N) is 1. The van der Waals surface area contributed by atoms with E-state index in [9.17, 15) is 4.79 Å². The third-order valence-corrected chi connectivity index (χ3v) is 4.14. The van der Waals surface area contributed by atoms with E-state index in [0.717, 1.165) is 31.4 Å². The summed E-state index contributed by atoms with van der Waals surface area (Å²) in [6, 6.07) is 14.9. The lowest BCUT2D eigenvalue weighted by Crippen LogP contribution is -2.30. The Labute approximate surface area is 118 Å². The molecule has 2 unspecified atom stereocenters. The third-order valence-electron chi connectivity index (χ3n) is 4.14. The molecule has 104 valence electrons. The second kappa shape index (κ2) is 5.53. The molecule has 1 fully saturated rings. The molecule has 3 rings (SSSR count). The molecular weight excluding hydrogens is 250 g/mol. The third kappa shape index (κ3) is 2.77. The van der Waals surface area contributed by atoms with E-state index in [1.165, 1.54) is 10.8 Å². The molecule has 2 aromatic rings. The van der Waals surface area contributed by atoms with Gasteiger partial charge in [-0.3, -0.25) is 4.79 Å².